The van der Waals surface area contributed by atoms with Crippen LogP contribution < -0.4 is 10.6 Å². The molecule has 0 bridgehead atoms. The lowest BCUT2D eigenvalue weighted by molar-refractivity contribution is 0.0938. The van der Waals surface area contributed by atoms with E-state index in [1.165, 1.54) is 6.26 Å². The van der Waals surface area contributed by atoms with E-state index < -0.39 is 0 Å². The molecule has 0 aliphatic carbocycles. The average molecular weight is 383 g/mol. The zero-order valence-electron chi connectivity index (χ0n) is 15.0. The topological polar surface area (TPSA) is 71.3 Å². The lowest BCUT2D eigenvalue weighted by atomic mass is 10.1. The molecule has 2 aromatic carbocycles. The van der Waals surface area contributed by atoms with Crippen molar-refractivity contribution in [2.45, 2.75) is 19.9 Å². The van der Waals surface area contributed by atoms with Gasteiger partial charge < -0.3 is 15.1 Å². The normalized spacial score (nSPS) is 11.7. The minimum atomic E-state index is -0.370. The Balaban J connectivity index is 1.75. The molecular formula is C21H19ClN2O3. The highest BCUT2D eigenvalue weighted by Gasteiger charge is 2.16. The van der Waals surface area contributed by atoms with Crippen LogP contribution in [0.1, 0.15) is 45.0 Å². The van der Waals surface area contributed by atoms with Crippen LogP contribution in [0.5, 0.6) is 0 Å². The molecule has 0 radical (unpaired) electrons. The summed E-state index contributed by atoms with van der Waals surface area (Å²) < 4.78 is 5.09. The molecule has 3 rings (SSSR count). The van der Waals surface area contributed by atoms with Gasteiger partial charge in [0.2, 0.25) is 0 Å². The highest BCUT2D eigenvalue weighted by atomic mass is 35.5. The van der Waals surface area contributed by atoms with Crippen LogP contribution in [0, 0.1) is 6.92 Å². The Labute approximate surface area is 162 Å². The maximum Gasteiger partial charge on any atom is 0.291 e. The second-order valence-corrected chi connectivity index (χ2v) is 6.58. The highest BCUT2D eigenvalue weighted by molar-refractivity contribution is 6.31. The number of carbonyl (C=O) groups excluding carboxylic acids is 2. The fourth-order valence-corrected chi connectivity index (χ4v) is 2.97. The van der Waals surface area contributed by atoms with Crippen molar-refractivity contribution < 1.29 is 14.0 Å². The molecular weight excluding hydrogens is 364 g/mol. The van der Waals surface area contributed by atoms with Gasteiger partial charge in [0.25, 0.3) is 11.8 Å². The minimum absolute atomic E-state index is 0.205. The lowest BCUT2D eigenvalue weighted by Crippen LogP contribution is -2.27. The summed E-state index contributed by atoms with van der Waals surface area (Å²) in [5.74, 6) is -0.419. The smallest absolute Gasteiger partial charge is 0.291 e. The number of hydrogen-bond donors (Lipinski definition) is 2. The van der Waals surface area contributed by atoms with Crippen molar-refractivity contribution >= 4 is 29.1 Å². The van der Waals surface area contributed by atoms with Gasteiger partial charge in [-0.2, -0.15) is 0 Å². The van der Waals surface area contributed by atoms with Crippen molar-refractivity contribution in [2.24, 2.45) is 0 Å². The first-order valence-corrected chi connectivity index (χ1v) is 8.84. The quantitative estimate of drug-likeness (QED) is 0.653. The van der Waals surface area contributed by atoms with Gasteiger partial charge in [0, 0.05) is 16.3 Å². The number of aryl methyl sites for hydroxylation is 1. The molecule has 1 atom stereocenters. The van der Waals surface area contributed by atoms with Crippen molar-refractivity contribution in [2.75, 3.05) is 5.32 Å². The Morgan fingerprint density at radius 1 is 1.04 bits per heavy atom. The first-order valence-electron chi connectivity index (χ1n) is 8.46. The van der Waals surface area contributed by atoms with E-state index in [4.69, 9.17) is 16.0 Å². The van der Waals surface area contributed by atoms with E-state index in [0.717, 1.165) is 11.1 Å². The second kappa shape index (κ2) is 8.10. The Bertz CT molecular complexity index is 967. The number of carbonyl (C=O) groups is 2. The number of nitrogens with one attached hydrogen (secondary N) is 2. The zero-order chi connectivity index (χ0) is 19.4. The Morgan fingerprint density at radius 3 is 2.52 bits per heavy atom. The number of benzene rings is 2. The zero-order valence-corrected chi connectivity index (χ0v) is 15.7. The molecule has 0 aliphatic heterocycles. The van der Waals surface area contributed by atoms with E-state index in [1.807, 2.05) is 32.0 Å². The molecule has 0 saturated carbocycles. The molecule has 0 spiro atoms. The summed E-state index contributed by atoms with van der Waals surface area (Å²) in [7, 11) is 0. The third-order valence-electron chi connectivity index (χ3n) is 4.21. The van der Waals surface area contributed by atoms with Crippen LogP contribution in [0.3, 0.4) is 0 Å². The lowest BCUT2D eigenvalue weighted by Gasteiger charge is -2.16. The van der Waals surface area contributed by atoms with E-state index in [1.54, 1.807) is 36.4 Å². The van der Waals surface area contributed by atoms with Gasteiger partial charge >= 0.3 is 0 Å². The summed E-state index contributed by atoms with van der Waals surface area (Å²) in [5.41, 5.74) is 2.67. The van der Waals surface area contributed by atoms with Gasteiger partial charge in [-0.15, -0.1) is 0 Å². The fourth-order valence-electron chi connectivity index (χ4n) is 2.67. The van der Waals surface area contributed by atoms with Crippen LogP contribution in [0.15, 0.2) is 65.3 Å². The predicted molar refractivity (Wildman–Crippen MR) is 105 cm³/mol. The number of hydrogen-bond acceptors (Lipinski definition) is 3. The van der Waals surface area contributed by atoms with Crippen LogP contribution in [-0.4, -0.2) is 11.8 Å². The molecule has 1 aromatic heterocycles. The number of rotatable bonds is 5. The van der Waals surface area contributed by atoms with Crippen molar-refractivity contribution in [3.63, 3.8) is 0 Å². The number of furan rings is 1. The van der Waals surface area contributed by atoms with Crippen LogP contribution in [0.4, 0.5) is 5.69 Å². The Hall–Kier alpha value is -3.05. The maximum atomic E-state index is 12.6. The largest absolute Gasteiger partial charge is 0.459 e. The molecule has 2 N–H and O–H groups in total. The molecule has 138 valence electrons. The van der Waals surface area contributed by atoms with E-state index in [2.05, 4.69) is 10.6 Å². The van der Waals surface area contributed by atoms with Crippen molar-refractivity contribution in [1.29, 1.82) is 0 Å². The van der Waals surface area contributed by atoms with E-state index in [9.17, 15) is 9.59 Å². The van der Waals surface area contributed by atoms with E-state index >= 15 is 0 Å². The van der Waals surface area contributed by atoms with Crippen LogP contribution >= 0.6 is 11.6 Å². The summed E-state index contributed by atoms with van der Waals surface area (Å²) in [6.45, 7) is 3.72. The summed E-state index contributed by atoms with van der Waals surface area (Å²) in [6, 6.07) is 15.5. The minimum Gasteiger partial charge on any atom is -0.459 e. The predicted octanol–water partition coefficient (Wildman–Crippen LogP) is 4.98. The van der Waals surface area contributed by atoms with Gasteiger partial charge in [0.15, 0.2) is 5.76 Å². The van der Waals surface area contributed by atoms with Crippen molar-refractivity contribution in [3.05, 3.63) is 88.3 Å². The SMILES string of the molecule is Cc1ccc(C(=O)NC(C)c2ccccc2Cl)cc1NC(=O)c1ccco1. The van der Waals surface area contributed by atoms with Gasteiger partial charge in [-0.1, -0.05) is 35.9 Å². The van der Waals surface area contributed by atoms with Crippen LogP contribution in [0.25, 0.3) is 0 Å². The van der Waals surface area contributed by atoms with Crippen molar-refractivity contribution in [3.8, 4) is 0 Å². The highest BCUT2D eigenvalue weighted by Crippen LogP contribution is 2.23. The molecule has 5 nitrogen and oxygen atoms in total. The van der Waals surface area contributed by atoms with Crippen molar-refractivity contribution in [1.82, 2.24) is 5.32 Å². The van der Waals surface area contributed by atoms with Crippen LogP contribution in [-0.2, 0) is 0 Å². The summed E-state index contributed by atoms with van der Waals surface area (Å²) in [6.07, 6.45) is 1.43. The maximum absolute atomic E-state index is 12.6. The molecule has 6 heteroatoms. The van der Waals surface area contributed by atoms with Gasteiger partial charge in [-0.05, 0) is 55.3 Å². The molecule has 0 saturated heterocycles. The first-order chi connectivity index (χ1) is 13.0. The molecule has 3 aromatic rings. The molecule has 0 fully saturated rings. The van der Waals surface area contributed by atoms with Gasteiger partial charge in [0.1, 0.15) is 0 Å². The Kier molecular flexibility index (Phi) is 5.62. The monoisotopic (exact) mass is 382 g/mol. The van der Waals surface area contributed by atoms with Crippen LogP contribution in [0.2, 0.25) is 5.02 Å². The van der Waals surface area contributed by atoms with E-state index in [-0.39, 0.29) is 23.6 Å². The fraction of sp³-hybridized carbons (Fsp3) is 0.143. The summed E-state index contributed by atoms with van der Waals surface area (Å²) in [4.78, 5) is 24.8. The molecule has 1 unspecified atom stereocenters. The van der Waals surface area contributed by atoms with E-state index in [0.29, 0.717) is 16.3 Å². The first kappa shape index (κ1) is 18.7. The number of amides is 2. The molecule has 0 aliphatic rings. The Morgan fingerprint density at radius 2 is 1.81 bits per heavy atom. The third kappa shape index (κ3) is 4.38. The second-order valence-electron chi connectivity index (χ2n) is 6.18. The summed E-state index contributed by atoms with van der Waals surface area (Å²) in [5, 5.41) is 6.29. The van der Waals surface area contributed by atoms with Gasteiger partial charge in [-0.25, -0.2) is 0 Å². The number of halogens is 1. The number of anilines is 1. The summed E-state index contributed by atoms with van der Waals surface area (Å²) >= 11 is 6.19. The average Bonchev–Trinajstić information content (AvgIpc) is 3.18. The molecule has 27 heavy (non-hydrogen) atoms. The standard InChI is InChI=1S/C21H19ClN2O3/c1-13-9-10-15(12-18(13)24-21(26)19-8-5-11-27-19)20(25)23-14(2)16-6-3-4-7-17(16)22/h3-12,14H,1-2H3,(H,23,25)(H,24,26). The molecule has 2 amide bonds. The molecule has 1 heterocycles. The van der Waals surface area contributed by atoms with Gasteiger partial charge in [0.05, 0.1) is 12.3 Å². The third-order valence-corrected chi connectivity index (χ3v) is 4.56. The van der Waals surface area contributed by atoms with Gasteiger partial charge in [-0.3, -0.25) is 9.59 Å².